The zero-order valence-electron chi connectivity index (χ0n) is 11.0. The molecule has 1 rings (SSSR count). The van der Waals surface area contributed by atoms with Crippen LogP contribution in [-0.2, 0) is 9.53 Å². The molecule has 1 amide bonds. The van der Waals surface area contributed by atoms with Crippen LogP contribution in [-0.4, -0.2) is 40.8 Å². The topological polar surface area (TPSA) is 66.8 Å². The molecule has 0 bridgehead atoms. The number of hydrogen-bond acceptors (Lipinski definition) is 3. The summed E-state index contributed by atoms with van der Waals surface area (Å²) in [6, 6.07) is 0. The summed E-state index contributed by atoms with van der Waals surface area (Å²) in [7, 11) is 0. The monoisotopic (exact) mass is 259 g/mol. The van der Waals surface area contributed by atoms with E-state index < -0.39 is 28.9 Å². The van der Waals surface area contributed by atoms with E-state index >= 15 is 0 Å². The van der Waals surface area contributed by atoms with E-state index in [0.29, 0.717) is 0 Å². The molecule has 1 N–H and O–H groups in total. The summed E-state index contributed by atoms with van der Waals surface area (Å²) in [5, 5.41) is 9.04. The molecule has 0 fully saturated rings. The van der Waals surface area contributed by atoms with E-state index in [9.17, 15) is 14.0 Å². The first-order valence-electron chi connectivity index (χ1n) is 5.64. The summed E-state index contributed by atoms with van der Waals surface area (Å²) in [6.07, 6.45) is 0.459. The van der Waals surface area contributed by atoms with Gasteiger partial charge in [-0.3, -0.25) is 4.79 Å². The van der Waals surface area contributed by atoms with E-state index in [-0.39, 0.29) is 13.1 Å². The Labute approximate surface area is 105 Å². The van der Waals surface area contributed by atoms with Gasteiger partial charge in [-0.1, -0.05) is 0 Å². The summed E-state index contributed by atoms with van der Waals surface area (Å²) in [4.78, 5) is 24.1. The number of carbonyl (C=O) groups excluding carboxylic acids is 1. The summed E-state index contributed by atoms with van der Waals surface area (Å²) in [5.41, 5.74) is -2.37. The number of rotatable bonds is 1. The molecule has 0 spiro atoms. The lowest BCUT2D eigenvalue weighted by Gasteiger charge is -2.35. The minimum Gasteiger partial charge on any atom is -0.480 e. The van der Waals surface area contributed by atoms with Crippen molar-refractivity contribution in [2.24, 2.45) is 5.41 Å². The highest BCUT2D eigenvalue weighted by Crippen LogP contribution is 2.33. The van der Waals surface area contributed by atoms with E-state index in [1.807, 2.05) is 0 Å². The van der Waals surface area contributed by atoms with Crippen LogP contribution in [0.2, 0.25) is 0 Å². The van der Waals surface area contributed by atoms with Crippen LogP contribution in [0, 0.1) is 5.41 Å². The van der Waals surface area contributed by atoms with Crippen molar-refractivity contribution in [1.82, 2.24) is 4.90 Å². The average Bonchev–Trinajstić information content (AvgIpc) is 2.19. The van der Waals surface area contributed by atoms with Crippen LogP contribution in [0.15, 0.2) is 11.9 Å². The molecule has 0 saturated heterocycles. The maximum Gasteiger partial charge on any atom is 0.410 e. The fraction of sp³-hybridized carbons (Fsp3) is 0.667. The Morgan fingerprint density at radius 3 is 2.50 bits per heavy atom. The van der Waals surface area contributed by atoms with Crippen LogP contribution in [0.3, 0.4) is 0 Å². The van der Waals surface area contributed by atoms with Gasteiger partial charge in [-0.15, -0.1) is 0 Å². The summed E-state index contributed by atoms with van der Waals surface area (Å²) >= 11 is 0. The molecule has 18 heavy (non-hydrogen) atoms. The van der Waals surface area contributed by atoms with E-state index in [2.05, 4.69) is 0 Å². The minimum absolute atomic E-state index is 0.0175. The highest BCUT2D eigenvalue weighted by molar-refractivity contribution is 5.80. The second kappa shape index (κ2) is 4.59. The fourth-order valence-electron chi connectivity index (χ4n) is 1.57. The third kappa shape index (κ3) is 3.00. The first kappa shape index (κ1) is 14.5. The van der Waals surface area contributed by atoms with Gasteiger partial charge in [0, 0.05) is 13.1 Å². The van der Waals surface area contributed by atoms with Gasteiger partial charge < -0.3 is 14.7 Å². The van der Waals surface area contributed by atoms with Crippen molar-refractivity contribution in [3.05, 3.63) is 11.9 Å². The molecule has 0 aromatic carbocycles. The predicted octanol–water partition coefficient (Wildman–Crippen LogP) is 2.18. The maximum absolute atomic E-state index is 13.6. The Morgan fingerprint density at radius 1 is 1.50 bits per heavy atom. The molecule has 0 aromatic heterocycles. The second-order valence-corrected chi connectivity index (χ2v) is 5.55. The number of halogens is 1. The predicted molar refractivity (Wildman–Crippen MR) is 62.7 cm³/mol. The molecule has 1 aliphatic heterocycles. The van der Waals surface area contributed by atoms with Gasteiger partial charge in [0.05, 0.1) is 0 Å². The Morgan fingerprint density at radius 2 is 2.06 bits per heavy atom. The third-order valence-electron chi connectivity index (χ3n) is 2.65. The first-order chi connectivity index (χ1) is 8.06. The number of amides is 1. The Bertz CT molecular complexity index is 399. The number of carbonyl (C=O) groups is 2. The molecule has 1 atom stereocenters. The number of aliphatic carboxylic acids is 1. The van der Waals surface area contributed by atoms with Gasteiger partial charge in [0.15, 0.2) is 0 Å². The van der Waals surface area contributed by atoms with Gasteiger partial charge >= 0.3 is 12.1 Å². The standard InChI is InChI=1S/C12H18FNO4/c1-11(2,3)18-10(17)14-6-5-8(13)12(4,7-14)9(15)16/h5H,6-7H2,1-4H3,(H,15,16). The van der Waals surface area contributed by atoms with E-state index in [4.69, 9.17) is 9.84 Å². The van der Waals surface area contributed by atoms with Crippen molar-refractivity contribution in [2.45, 2.75) is 33.3 Å². The average molecular weight is 259 g/mol. The lowest BCUT2D eigenvalue weighted by molar-refractivity contribution is -0.147. The third-order valence-corrected chi connectivity index (χ3v) is 2.65. The van der Waals surface area contributed by atoms with Crippen molar-refractivity contribution in [1.29, 1.82) is 0 Å². The van der Waals surface area contributed by atoms with E-state index in [1.165, 1.54) is 11.8 Å². The van der Waals surface area contributed by atoms with Crippen molar-refractivity contribution in [2.75, 3.05) is 13.1 Å². The molecule has 5 nitrogen and oxygen atoms in total. The van der Waals surface area contributed by atoms with E-state index in [0.717, 1.165) is 6.08 Å². The van der Waals surface area contributed by atoms with E-state index in [1.54, 1.807) is 20.8 Å². The Kier molecular flexibility index (Phi) is 3.69. The first-order valence-corrected chi connectivity index (χ1v) is 5.64. The molecule has 1 aliphatic rings. The van der Waals surface area contributed by atoms with Gasteiger partial charge in [0.25, 0.3) is 0 Å². The highest BCUT2D eigenvalue weighted by Gasteiger charge is 2.44. The molecule has 0 aromatic rings. The van der Waals surface area contributed by atoms with Gasteiger partial charge in [0.1, 0.15) is 16.8 Å². The van der Waals surface area contributed by atoms with Gasteiger partial charge in [-0.05, 0) is 33.8 Å². The Balaban J connectivity index is 2.85. The normalized spacial score (nSPS) is 24.5. The maximum atomic E-state index is 13.6. The molecule has 102 valence electrons. The zero-order valence-corrected chi connectivity index (χ0v) is 11.0. The molecule has 1 heterocycles. The Hall–Kier alpha value is -1.59. The lowest BCUT2D eigenvalue weighted by atomic mass is 9.86. The van der Waals surface area contributed by atoms with Crippen molar-refractivity contribution in [3.63, 3.8) is 0 Å². The van der Waals surface area contributed by atoms with Crippen LogP contribution in [0.5, 0.6) is 0 Å². The molecule has 1 unspecified atom stereocenters. The van der Waals surface area contributed by atoms with Gasteiger partial charge in [-0.2, -0.15) is 0 Å². The zero-order chi connectivity index (χ0) is 14.1. The number of carboxylic acids is 1. The summed E-state index contributed by atoms with van der Waals surface area (Å²) in [6.45, 7) is 6.16. The molecule has 0 radical (unpaired) electrons. The second-order valence-electron chi connectivity index (χ2n) is 5.55. The highest BCUT2D eigenvalue weighted by atomic mass is 19.1. The van der Waals surface area contributed by atoms with Crippen LogP contribution in [0.25, 0.3) is 0 Å². The van der Waals surface area contributed by atoms with Crippen LogP contribution in [0.1, 0.15) is 27.7 Å². The number of carboxylic acid groups (broad SMARTS) is 1. The van der Waals surface area contributed by atoms with Crippen LogP contribution < -0.4 is 0 Å². The molecular formula is C12H18FNO4. The summed E-state index contributed by atoms with van der Waals surface area (Å²) < 4.78 is 18.7. The number of nitrogens with zero attached hydrogens (tertiary/aromatic N) is 1. The molecule has 0 saturated carbocycles. The summed E-state index contributed by atoms with van der Waals surface area (Å²) in [5.74, 6) is -2.03. The number of ether oxygens (including phenoxy) is 1. The van der Waals surface area contributed by atoms with Crippen molar-refractivity contribution >= 4 is 12.1 Å². The quantitative estimate of drug-likeness (QED) is 0.783. The SMILES string of the molecule is CC(C)(C)OC(=O)N1CC=C(F)C(C)(C(=O)O)C1. The van der Waals surface area contributed by atoms with Crippen LogP contribution >= 0.6 is 0 Å². The smallest absolute Gasteiger partial charge is 0.410 e. The van der Waals surface area contributed by atoms with Gasteiger partial charge in [0.2, 0.25) is 0 Å². The molecule has 6 heteroatoms. The van der Waals surface area contributed by atoms with Crippen LogP contribution in [0.4, 0.5) is 9.18 Å². The number of hydrogen-bond donors (Lipinski definition) is 1. The van der Waals surface area contributed by atoms with Gasteiger partial charge in [-0.25, -0.2) is 9.18 Å². The lowest BCUT2D eigenvalue weighted by Crippen LogP contribution is -2.49. The molecule has 0 aliphatic carbocycles. The minimum atomic E-state index is -1.70. The molecular weight excluding hydrogens is 241 g/mol. The van der Waals surface area contributed by atoms with Crippen molar-refractivity contribution < 1.29 is 23.8 Å². The fourth-order valence-corrected chi connectivity index (χ4v) is 1.57. The van der Waals surface area contributed by atoms with Crippen molar-refractivity contribution in [3.8, 4) is 0 Å². The largest absolute Gasteiger partial charge is 0.480 e.